The van der Waals surface area contributed by atoms with Crippen molar-refractivity contribution in [3.8, 4) is 0 Å². The zero-order valence-electron chi connectivity index (χ0n) is 14.9. The Kier molecular flexibility index (Phi) is 7.22. The van der Waals surface area contributed by atoms with Gasteiger partial charge in [0, 0.05) is 12.1 Å². The smallest absolute Gasteiger partial charge is 0.340 e. The molecule has 1 amide bonds. The monoisotopic (exact) mass is 404 g/mol. The van der Waals surface area contributed by atoms with Crippen molar-refractivity contribution < 1.29 is 24.0 Å². The Bertz CT molecular complexity index is 901. The molecule has 0 aliphatic carbocycles. The van der Waals surface area contributed by atoms with E-state index in [1.807, 2.05) is 30.3 Å². The number of hydrogen-bond acceptors (Lipinski definition) is 6. The number of rotatable bonds is 8. The van der Waals surface area contributed by atoms with Crippen molar-refractivity contribution in [3.63, 3.8) is 0 Å². The first-order chi connectivity index (χ1) is 13.3. The van der Waals surface area contributed by atoms with Crippen LogP contribution in [0, 0.1) is 10.1 Å². The second-order valence-corrected chi connectivity index (χ2v) is 6.33. The van der Waals surface area contributed by atoms with Crippen LogP contribution in [-0.2, 0) is 20.7 Å². The van der Waals surface area contributed by atoms with Crippen LogP contribution in [0.5, 0.6) is 0 Å². The molecule has 0 unspecified atom stereocenters. The van der Waals surface area contributed by atoms with E-state index in [0.29, 0.717) is 6.42 Å². The summed E-state index contributed by atoms with van der Waals surface area (Å²) in [4.78, 5) is 45.9. The van der Waals surface area contributed by atoms with Crippen molar-refractivity contribution in [2.75, 3.05) is 6.61 Å². The van der Waals surface area contributed by atoms with Gasteiger partial charge in [-0.3, -0.25) is 19.7 Å². The van der Waals surface area contributed by atoms with E-state index >= 15 is 0 Å². The summed E-state index contributed by atoms with van der Waals surface area (Å²) >= 11 is 5.85. The average Bonchev–Trinajstić information content (AvgIpc) is 2.66. The van der Waals surface area contributed by atoms with Gasteiger partial charge in [-0.2, -0.15) is 0 Å². The number of Topliss-reactive ketones (excluding diaryl/α,β-unsaturated/α-hetero) is 1. The molecular weight excluding hydrogens is 388 g/mol. The number of carbonyl (C=O) groups excluding carboxylic acids is 3. The van der Waals surface area contributed by atoms with E-state index in [0.717, 1.165) is 23.8 Å². The maximum absolute atomic E-state index is 12.0. The molecule has 1 N–H and O–H groups in total. The lowest BCUT2D eigenvalue weighted by Crippen LogP contribution is -2.43. The van der Waals surface area contributed by atoms with Gasteiger partial charge < -0.3 is 10.1 Å². The Morgan fingerprint density at radius 1 is 1.18 bits per heavy atom. The van der Waals surface area contributed by atoms with Crippen molar-refractivity contribution in [2.24, 2.45) is 0 Å². The highest BCUT2D eigenvalue weighted by atomic mass is 35.5. The van der Waals surface area contributed by atoms with Crippen LogP contribution in [0.25, 0.3) is 0 Å². The lowest BCUT2D eigenvalue weighted by molar-refractivity contribution is -0.384. The quantitative estimate of drug-likeness (QED) is 0.411. The fraction of sp³-hybridized carbons (Fsp3) is 0.211. The van der Waals surface area contributed by atoms with E-state index in [2.05, 4.69) is 5.32 Å². The minimum absolute atomic E-state index is 0.104. The highest BCUT2D eigenvalue weighted by Gasteiger charge is 2.20. The van der Waals surface area contributed by atoms with Gasteiger partial charge in [0.05, 0.1) is 21.6 Å². The zero-order chi connectivity index (χ0) is 20.7. The lowest BCUT2D eigenvalue weighted by Gasteiger charge is -2.16. The summed E-state index contributed by atoms with van der Waals surface area (Å²) < 4.78 is 4.89. The fourth-order valence-corrected chi connectivity index (χ4v) is 2.63. The van der Waals surface area contributed by atoms with Crippen LogP contribution in [0.3, 0.4) is 0 Å². The Morgan fingerprint density at radius 3 is 2.43 bits per heavy atom. The van der Waals surface area contributed by atoms with Gasteiger partial charge in [-0.1, -0.05) is 41.9 Å². The van der Waals surface area contributed by atoms with Crippen LogP contribution in [0.15, 0.2) is 48.5 Å². The number of non-ortho nitro benzene ring substituents is 1. The van der Waals surface area contributed by atoms with Crippen molar-refractivity contribution >= 4 is 34.9 Å². The van der Waals surface area contributed by atoms with Crippen molar-refractivity contribution in [1.29, 1.82) is 0 Å². The van der Waals surface area contributed by atoms with E-state index < -0.39 is 29.4 Å². The molecular formula is C19H17ClN2O6. The minimum atomic E-state index is -0.905. The van der Waals surface area contributed by atoms with Gasteiger partial charge in [0.2, 0.25) is 0 Å². The second kappa shape index (κ2) is 9.61. The molecule has 0 heterocycles. The van der Waals surface area contributed by atoms with Crippen LogP contribution in [-0.4, -0.2) is 35.2 Å². The normalized spacial score (nSPS) is 11.4. The Labute approximate surface area is 165 Å². The number of nitrogens with zero attached hydrogens (tertiary/aromatic N) is 1. The molecule has 0 aliphatic rings. The van der Waals surface area contributed by atoms with E-state index in [4.69, 9.17) is 16.3 Å². The molecule has 0 saturated carbocycles. The maximum atomic E-state index is 12.0. The van der Waals surface area contributed by atoms with Crippen molar-refractivity contribution in [3.05, 3.63) is 74.8 Å². The Hall–Kier alpha value is -3.26. The third-order valence-electron chi connectivity index (χ3n) is 3.83. The molecule has 0 spiro atoms. The number of nitrogens with one attached hydrogen (secondary N) is 1. The molecule has 0 saturated heterocycles. The van der Waals surface area contributed by atoms with E-state index in [9.17, 15) is 24.5 Å². The van der Waals surface area contributed by atoms with Crippen LogP contribution < -0.4 is 5.32 Å². The highest BCUT2D eigenvalue weighted by Crippen LogP contribution is 2.23. The Morgan fingerprint density at radius 2 is 1.86 bits per heavy atom. The predicted molar refractivity (Wildman–Crippen MR) is 101 cm³/mol. The molecule has 2 aromatic carbocycles. The first-order valence-corrected chi connectivity index (χ1v) is 8.60. The number of nitro benzene ring substituents is 1. The average molecular weight is 405 g/mol. The van der Waals surface area contributed by atoms with Gasteiger partial charge in [0.15, 0.2) is 12.4 Å². The fourth-order valence-electron chi connectivity index (χ4n) is 2.37. The summed E-state index contributed by atoms with van der Waals surface area (Å²) in [5, 5.41) is 13.0. The lowest BCUT2D eigenvalue weighted by atomic mass is 10.0. The first kappa shape index (κ1) is 21.0. The number of ether oxygens (including phenoxy) is 1. The van der Waals surface area contributed by atoms with Gasteiger partial charge in [-0.05, 0) is 25.0 Å². The number of esters is 1. The largest absolute Gasteiger partial charge is 0.452 e. The standard InChI is InChI=1S/C19H17ClN2O6/c1-12(23)17(9-13-5-3-2-4-6-13)21-18(24)11-28-19(25)15-8-7-14(22(26)27)10-16(15)20/h2-8,10,17H,9,11H2,1H3,(H,21,24)/t17-/m0/s1. The molecule has 146 valence electrons. The molecule has 0 bridgehead atoms. The summed E-state index contributed by atoms with van der Waals surface area (Å²) in [7, 11) is 0. The van der Waals surface area contributed by atoms with Gasteiger partial charge >= 0.3 is 5.97 Å². The summed E-state index contributed by atoms with van der Waals surface area (Å²) in [6.45, 7) is 0.737. The minimum Gasteiger partial charge on any atom is -0.452 e. The summed E-state index contributed by atoms with van der Waals surface area (Å²) in [6, 6.07) is 11.7. The van der Waals surface area contributed by atoms with Crippen molar-refractivity contribution in [1.82, 2.24) is 5.32 Å². The van der Waals surface area contributed by atoms with Crippen LogP contribution in [0.1, 0.15) is 22.8 Å². The van der Waals surface area contributed by atoms with E-state index in [-0.39, 0.29) is 22.1 Å². The number of ketones is 1. The summed E-state index contributed by atoms with van der Waals surface area (Å²) in [6.07, 6.45) is 0.310. The molecule has 0 radical (unpaired) electrons. The number of nitro groups is 1. The third kappa shape index (κ3) is 5.88. The Balaban J connectivity index is 1.94. The van der Waals surface area contributed by atoms with Crippen molar-refractivity contribution in [2.45, 2.75) is 19.4 Å². The molecule has 0 aliphatic heterocycles. The molecule has 2 aromatic rings. The first-order valence-electron chi connectivity index (χ1n) is 8.22. The van der Waals surface area contributed by atoms with Crippen LogP contribution >= 0.6 is 11.6 Å². The number of halogens is 1. The topological polar surface area (TPSA) is 116 Å². The number of carbonyl (C=O) groups is 3. The SMILES string of the molecule is CC(=O)[C@H](Cc1ccccc1)NC(=O)COC(=O)c1ccc([N+](=O)[O-])cc1Cl. The third-order valence-corrected chi connectivity index (χ3v) is 4.14. The van der Waals surface area contributed by atoms with Gasteiger partial charge in [-0.15, -0.1) is 0 Å². The molecule has 0 aromatic heterocycles. The summed E-state index contributed by atoms with van der Waals surface area (Å²) in [5.74, 6) is -1.79. The van der Waals surface area contributed by atoms with E-state index in [1.54, 1.807) is 0 Å². The van der Waals surface area contributed by atoms with E-state index in [1.165, 1.54) is 6.92 Å². The molecule has 0 fully saturated rings. The highest BCUT2D eigenvalue weighted by molar-refractivity contribution is 6.33. The number of amides is 1. The molecule has 1 atom stereocenters. The molecule has 8 nitrogen and oxygen atoms in total. The molecule has 28 heavy (non-hydrogen) atoms. The van der Waals surface area contributed by atoms with Gasteiger partial charge in [0.1, 0.15) is 0 Å². The molecule has 9 heteroatoms. The van der Waals surface area contributed by atoms with Crippen LogP contribution in [0.2, 0.25) is 5.02 Å². The zero-order valence-corrected chi connectivity index (χ0v) is 15.6. The predicted octanol–water partition coefficient (Wildman–Crippen LogP) is 2.72. The van der Waals surface area contributed by atoms with Gasteiger partial charge in [0.25, 0.3) is 11.6 Å². The summed E-state index contributed by atoms with van der Waals surface area (Å²) in [5.41, 5.74) is 0.495. The number of benzene rings is 2. The second-order valence-electron chi connectivity index (χ2n) is 5.92. The maximum Gasteiger partial charge on any atom is 0.340 e. The number of hydrogen-bond donors (Lipinski definition) is 1. The van der Waals surface area contributed by atoms with Crippen LogP contribution in [0.4, 0.5) is 5.69 Å². The van der Waals surface area contributed by atoms with Gasteiger partial charge in [-0.25, -0.2) is 4.79 Å². The molecule has 2 rings (SSSR count).